The topological polar surface area (TPSA) is 66.4 Å². The van der Waals surface area contributed by atoms with Crippen LogP contribution in [0.2, 0.25) is 0 Å². The van der Waals surface area contributed by atoms with Crippen LogP contribution in [0.25, 0.3) is 0 Å². The van der Waals surface area contributed by atoms with Gasteiger partial charge in [-0.15, -0.1) is 0 Å². The van der Waals surface area contributed by atoms with Crippen molar-refractivity contribution >= 4 is 11.7 Å². The number of hydrogen-bond acceptors (Lipinski definition) is 3. The van der Waals surface area contributed by atoms with Crippen molar-refractivity contribution in [2.45, 2.75) is 38.7 Å². The van der Waals surface area contributed by atoms with Gasteiger partial charge in [-0.25, -0.2) is 0 Å². The fourth-order valence-electron chi connectivity index (χ4n) is 1.90. The van der Waals surface area contributed by atoms with Crippen molar-refractivity contribution in [3.63, 3.8) is 0 Å². The fraction of sp³-hybridized carbons (Fsp3) is 0.800. The molecule has 1 amide bonds. The van der Waals surface area contributed by atoms with Gasteiger partial charge in [0.1, 0.15) is 5.78 Å². The Morgan fingerprint density at radius 3 is 2.79 bits per heavy atom. The fourth-order valence-corrected chi connectivity index (χ4v) is 1.90. The Morgan fingerprint density at radius 1 is 1.71 bits per heavy atom. The van der Waals surface area contributed by atoms with Crippen LogP contribution in [0.3, 0.4) is 0 Å². The van der Waals surface area contributed by atoms with E-state index in [4.69, 9.17) is 0 Å². The van der Waals surface area contributed by atoms with Crippen molar-refractivity contribution in [2.75, 3.05) is 6.54 Å². The first kappa shape index (κ1) is 11.2. The zero-order chi connectivity index (χ0) is 10.8. The minimum atomic E-state index is -1.10. The molecule has 0 spiro atoms. The minimum Gasteiger partial charge on any atom is -0.388 e. The van der Waals surface area contributed by atoms with E-state index in [0.29, 0.717) is 6.42 Å². The number of Topliss-reactive ketones (excluding diaryl/α,β-unsaturated/α-hetero) is 1. The number of carbonyl (C=O) groups is 2. The van der Waals surface area contributed by atoms with Gasteiger partial charge in [-0.1, -0.05) is 0 Å². The van der Waals surface area contributed by atoms with Crippen LogP contribution in [0.5, 0.6) is 0 Å². The van der Waals surface area contributed by atoms with E-state index < -0.39 is 5.60 Å². The van der Waals surface area contributed by atoms with E-state index in [1.807, 2.05) is 0 Å². The minimum absolute atomic E-state index is 0.111. The largest absolute Gasteiger partial charge is 0.388 e. The Bertz CT molecular complexity index is 248. The lowest BCUT2D eigenvalue weighted by Gasteiger charge is -2.28. The highest BCUT2D eigenvalue weighted by atomic mass is 16.3. The molecular weight excluding hydrogens is 182 g/mol. The van der Waals surface area contributed by atoms with E-state index in [1.54, 1.807) is 6.92 Å². The normalized spacial score (nSPS) is 25.9. The summed E-state index contributed by atoms with van der Waals surface area (Å²) in [5.41, 5.74) is -1.10. The Balaban J connectivity index is 2.54. The van der Waals surface area contributed by atoms with Crippen LogP contribution in [0.1, 0.15) is 33.1 Å². The average Bonchev–Trinajstić information content (AvgIpc) is 2.48. The summed E-state index contributed by atoms with van der Waals surface area (Å²) < 4.78 is 0. The van der Waals surface area contributed by atoms with Crippen molar-refractivity contribution in [2.24, 2.45) is 5.92 Å². The van der Waals surface area contributed by atoms with Gasteiger partial charge in [0.25, 0.3) is 0 Å². The maximum atomic E-state index is 11.4. The SMILES string of the molecule is CC(=O)NCC(C)(O)C1CCCC1=O. The molecule has 0 saturated heterocycles. The molecule has 0 aromatic rings. The number of carbonyl (C=O) groups excluding carboxylic acids is 2. The number of nitrogens with one attached hydrogen (secondary N) is 1. The van der Waals surface area contributed by atoms with Gasteiger partial charge in [-0.2, -0.15) is 0 Å². The molecule has 2 atom stereocenters. The second-order valence-electron chi connectivity index (χ2n) is 4.18. The van der Waals surface area contributed by atoms with Gasteiger partial charge in [-0.05, 0) is 19.8 Å². The van der Waals surface area contributed by atoms with Crippen molar-refractivity contribution in [3.05, 3.63) is 0 Å². The van der Waals surface area contributed by atoms with Crippen molar-refractivity contribution in [3.8, 4) is 0 Å². The van der Waals surface area contributed by atoms with Gasteiger partial charge in [0.15, 0.2) is 0 Å². The Hall–Kier alpha value is -0.900. The molecule has 0 radical (unpaired) electrons. The van der Waals surface area contributed by atoms with E-state index in [0.717, 1.165) is 12.8 Å². The van der Waals surface area contributed by atoms with Crippen LogP contribution in [0.15, 0.2) is 0 Å². The molecule has 4 heteroatoms. The first-order chi connectivity index (χ1) is 6.43. The molecule has 4 nitrogen and oxygen atoms in total. The van der Waals surface area contributed by atoms with E-state index in [9.17, 15) is 14.7 Å². The maximum absolute atomic E-state index is 11.4. The first-order valence-corrected chi connectivity index (χ1v) is 4.93. The lowest BCUT2D eigenvalue weighted by atomic mass is 9.87. The molecule has 2 unspecified atom stereocenters. The van der Waals surface area contributed by atoms with E-state index >= 15 is 0 Å². The van der Waals surface area contributed by atoms with E-state index in [2.05, 4.69) is 5.32 Å². The highest BCUT2D eigenvalue weighted by molar-refractivity contribution is 5.84. The predicted octanol–water partition coefficient (Wildman–Crippen LogP) is 0.243. The summed E-state index contributed by atoms with van der Waals surface area (Å²) >= 11 is 0. The summed E-state index contributed by atoms with van der Waals surface area (Å²) in [6.45, 7) is 3.15. The standard InChI is InChI=1S/C10H17NO3/c1-7(12)11-6-10(2,14)8-4-3-5-9(8)13/h8,14H,3-6H2,1-2H3,(H,11,12). The Morgan fingerprint density at radius 2 is 2.36 bits per heavy atom. The van der Waals surface area contributed by atoms with Crippen molar-refractivity contribution in [1.29, 1.82) is 0 Å². The summed E-state index contributed by atoms with van der Waals surface area (Å²) in [6, 6.07) is 0. The molecule has 2 N–H and O–H groups in total. The van der Waals surface area contributed by atoms with Gasteiger partial charge in [0.2, 0.25) is 5.91 Å². The molecule has 1 aliphatic carbocycles. The molecule has 0 bridgehead atoms. The van der Waals surface area contributed by atoms with Crippen LogP contribution < -0.4 is 5.32 Å². The van der Waals surface area contributed by atoms with E-state index in [1.165, 1.54) is 6.92 Å². The molecule has 0 heterocycles. The third kappa shape index (κ3) is 2.54. The average molecular weight is 199 g/mol. The predicted molar refractivity (Wildman–Crippen MR) is 51.7 cm³/mol. The second kappa shape index (κ2) is 4.09. The van der Waals surface area contributed by atoms with Crippen molar-refractivity contribution < 1.29 is 14.7 Å². The summed E-state index contributed by atoms with van der Waals surface area (Å²) in [7, 11) is 0. The summed E-state index contributed by atoms with van der Waals surface area (Å²) in [6.07, 6.45) is 2.13. The molecule has 1 fully saturated rings. The number of amides is 1. The Kier molecular flexibility index (Phi) is 3.26. The first-order valence-electron chi connectivity index (χ1n) is 4.93. The molecule has 1 saturated carbocycles. The maximum Gasteiger partial charge on any atom is 0.216 e. The molecule has 80 valence electrons. The third-order valence-corrected chi connectivity index (χ3v) is 2.75. The molecular formula is C10H17NO3. The Labute approximate surface area is 83.7 Å². The van der Waals surface area contributed by atoms with Crippen LogP contribution in [0, 0.1) is 5.92 Å². The molecule has 14 heavy (non-hydrogen) atoms. The van der Waals surface area contributed by atoms with Crippen LogP contribution in [0.4, 0.5) is 0 Å². The zero-order valence-corrected chi connectivity index (χ0v) is 8.67. The molecule has 0 aliphatic heterocycles. The van der Waals surface area contributed by atoms with Crippen LogP contribution >= 0.6 is 0 Å². The molecule has 1 rings (SSSR count). The van der Waals surface area contributed by atoms with Gasteiger partial charge < -0.3 is 10.4 Å². The summed E-state index contributed by atoms with van der Waals surface area (Å²) in [5, 5.41) is 12.5. The number of ketones is 1. The summed E-state index contributed by atoms with van der Waals surface area (Å²) in [5.74, 6) is -0.384. The number of rotatable bonds is 3. The van der Waals surface area contributed by atoms with E-state index in [-0.39, 0.29) is 24.2 Å². The lowest BCUT2D eigenvalue weighted by Crippen LogP contribution is -2.47. The van der Waals surface area contributed by atoms with Gasteiger partial charge in [0, 0.05) is 25.8 Å². The molecule has 1 aliphatic rings. The zero-order valence-electron chi connectivity index (χ0n) is 8.67. The monoisotopic (exact) mass is 199 g/mol. The van der Waals surface area contributed by atoms with Gasteiger partial charge in [-0.3, -0.25) is 9.59 Å². The number of aliphatic hydroxyl groups is 1. The quantitative estimate of drug-likeness (QED) is 0.684. The lowest BCUT2D eigenvalue weighted by molar-refractivity contribution is -0.130. The smallest absolute Gasteiger partial charge is 0.216 e. The highest BCUT2D eigenvalue weighted by Crippen LogP contribution is 2.30. The van der Waals surface area contributed by atoms with Crippen molar-refractivity contribution in [1.82, 2.24) is 5.32 Å². The van der Waals surface area contributed by atoms with Crippen LogP contribution in [-0.2, 0) is 9.59 Å². The summed E-state index contributed by atoms with van der Waals surface area (Å²) in [4.78, 5) is 22.1. The van der Waals surface area contributed by atoms with Gasteiger partial charge in [0.05, 0.1) is 5.60 Å². The van der Waals surface area contributed by atoms with Gasteiger partial charge >= 0.3 is 0 Å². The molecule has 0 aromatic heterocycles. The third-order valence-electron chi connectivity index (χ3n) is 2.75. The van der Waals surface area contributed by atoms with Crippen LogP contribution in [-0.4, -0.2) is 28.9 Å². The second-order valence-corrected chi connectivity index (χ2v) is 4.18. The highest BCUT2D eigenvalue weighted by Gasteiger charge is 2.39. The number of hydrogen-bond donors (Lipinski definition) is 2. The molecule has 0 aromatic carbocycles.